The van der Waals surface area contributed by atoms with E-state index in [1.807, 2.05) is 0 Å². The number of piperidine rings is 1. The number of likely N-dealkylation sites (tertiary alicyclic amines) is 1. The predicted molar refractivity (Wildman–Crippen MR) is 72.0 cm³/mol. The Bertz CT molecular complexity index is 351. The van der Waals surface area contributed by atoms with Gasteiger partial charge < -0.3 is 15.3 Å². The third-order valence-electron chi connectivity index (χ3n) is 4.42. The van der Waals surface area contributed by atoms with Crippen LogP contribution in [0.4, 0.5) is 4.79 Å². The summed E-state index contributed by atoms with van der Waals surface area (Å²) in [6.07, 6.45) is 7.07. The molecule has 5 heteroatoms. The third-order valence-corrected chi connectivity index (χ3v) is 4.42. The topological polar surface area (TPSA) is 69.6 Å². The van der Waals surface area contributed by atoms with Gasteiger partial charge in [0.1, 0.15) is 0 Å². The van der Waals surface area contributed by atoms with Crippen molar-refractivity contribution in [3.8, 4) is 0 Å². The smallest absolute Gasteiger partial charge is 0.317 e. The van der Waals surface area contributed by atoms with Crippen LogP contribution in [0.2, 0.25) is 0 Å². The number of urea groups is 1. The molecule has 0 bridgehead atoms. The van der Waals surface area contributed by atoms with E-state index in [1.165, 1.54) is 6.42 Å². The highest BCUT2D eigenvalue weighted by molar-refractivity contribution is 5.77. The molecule has 1 aliphatic carbocycles. The maximum Gasteiger partial charge on any atom is 0.317 e. The van der Waals surface area contributed by atoms with Gasteiger partial charge in [-0.3, -0.25) is 4.79 Å². The zero-order valence-electron chi connectivity index (χ0n) is 11.7. The largest absolute Gasteiger partial charge is 0.481 e. The predicted octanol–water partition coefficient (Wildman–Crippen LogP) is 2.22. The van der Waals surface area contributed by atoms with Crippen molar-refractivity contribution in [1.82, 2.24) is 10.2 Å². The normalized spacial score (nSPS) is 26.8. The van der Waals surface area contributed by atoms with Crippen LogP contribution >= 0.6 is 0 Å². The minimum absolute atomic E-state index is 0.0876. The summed E-state index contributed by atoms with van der Waals surface area (Å²) in [5.74, 6) is -1.19. The van der Waals surface area contributed by atoms with Crippen LogP contribution in [0.15, 0.2) is 0 Å². The molecule has 1 unspecified atom stereocenters. The first-order valence-corrected chi connectivity index (χ1v) is 7.30. The van der Waals surface area contributed by atoms with Gasteiger partial charge in [0.25, 0.3) is 0 Å². The van der Waals surface area contributed by atoms with E-state index in [1.54, 1.807) is 4.90 Å². The van der Waals surface area contributed by atoms with E-state index in [0.717, 1.165) is 32.1 Å². The molecule has 1 saturated heterocycles. The molecule has 2 aliphatic rings. The molecule has 1 saturated carbocycles. The van der Waals surface area contributed by atoms with E-state index in [9.17, 15) is 9.59 Å². The summed E-state index contributed by atoms with van der Waals surface area (Å²) in [6, 6.07) is -0.0876. The number of carbonyl (C=O) groups excluding carboxylic acids is 1. The Morgan fingerprint density at radius 3 is 2.53 bits per heavy atom. The summed E-state index contributed by atoms with van der Waals surface area (Å²) < 4.78 is 0. The Morgan fingerprint density at radius 2 is 1.89 bits per heavy atom. The lowest BCUT2D eigenvalue weighted by Gasteiger charge is -2.38. The van der Waals surface area contributed by atoms with Gasteiger partial charge in [-0.05, 0) is 32.6 Å². The number of nitrogens with zero attached hydrogens (tertiary/aromatic N) is 1. The lowest BCUT2D eigenvalue weighted by molar-refractivity contribution is -0.143. The molecule has 0 spiro atoms. The molecule has 19 heavy (non-hydrogen) atoms. The van der Waals surface area contributed by atoms with Crippen molar-refractivity contribution < 1.29 is 14.7 Å². The molecule has 2 amide bonds. The zero-order valence-corrected chi connectivity index (χ0v) is 11.7. The molecule has 1 aliphatic heterocycles. The molecule has 1 atom stereocenters. The van der Waals surface area contributed by atoms with Crippen molar-refractivity contribution in [3.05, 3.63) is 0 Å². The van der Waals surface area contributed by atoms with Gasteiger partial charge in [0.05, 0.1) is 5.92 Å². The summed E-state index contributed by atoms with van der Waals surface area (Å²) in [7, 11) is 0. The van der Waals surface area contributed by atoms with E-state index in [4.69, 9.17) is 5.11 Å². The lowest BCUT2D eigenvalue weighted by Crippen LogP contribution is -2.54. The maximum atomic E-state index is 12.3. The zero-order chi connectivity index (χ0) is 13.9. The fourth-order valence-corrected chi connectivity index (χ4v) is 3.16. The molecule has 2 N–H and O–H groups in total. The minimum atomic E-state index is -0.790. The van der Waals surface area contributed by atoms with Crippen LogP contribution in [0, 0.1) is 5.92 Å². The van der Waals surface area contributed by atoms with Crippen LogP contribution in [0.1, 0.15) is 51.9 Å². The molecule has 0 aromatic heterocycles. The van der Waals surface area contributed by atoms with Crippen LogP contribution in [-0.2, 0) is 4.79 Å². The lowest BCUT2D eigenvalue weighted by atomic mass is 9.83. The van der Waals surface area contributed by atoms with Crippen molar-refractivity contribution in [3.63, 3.8) is 0 Å². The van der Waals surface area contributed by atoms with E-state index < -0.39 is 11.9 Å². The number of aliphatic carboxylic acids is 1. The molecule has 0 radical (unpaired) electrons. The Balaban J connectivity index is 1.90. The summed E-state index contributed by atoms with van der Waals surface area (Å²) in [5.41, 5.74) is -0.106. The highest BCUT2D eigenvalue weighted by Crippen LogP contribution is 2.28. The summed E-state index contributed by atoms with van der Waals surface area (Å²) >= 11 is 0. The second-order valence-electron chi connectivity index (χ2n) is 6.17. The SMILES string of the molecule is CC1(NC(=O)N2CCCC(C(=O)O)C2)CCCCC1. The van der Waals surface area contributed by atoms with Crippen LogP contribution in [0.5, 0.6) is 0 Å². The number of nitrogens with one attached hydrogen (secondary N) is 1. The Hall–Kier alpha value is -1.26. The molecule has 1 heterocycles. The fraction of sp³-hybridized carbons (Fsp3) is 0.857. The molecule has 2 fully saturated rings. The first kappa shape index (κ1) is 14.2. The Kier molecular flexibility index (Phi) is 4.32. The van der Waals surface area contributed by atoms with Gasteiger partial charge in [-0.25, -0.2) is 4.79 Å². The Labute approximate surface area is 114 Å². The number of hydrogen-bond donors (Lipinski definition) is 2. The number of carboxylic acids is 1. The first-order chi connectivity index (χ1) is 9.00. The van der Waals surface area contributed by atoms with Gasteiger partial charge in [0, 0.05) is 18.6 Å². The van der Waals surface area contributed by atoms with E-state index in [2.05, 4.69) is 12.2 Å². The van der Waals surface area contributed by atoms with Crippen molar-refractivity contribution in [2.24, 2.45) is 5.92 Å². The Morgan fingerprint density at radius 1 is 1.21 bits per heavy atom. The van der Waals surface area contributed by atoms with E-state index in [-0.39, 0.29) is 11.6 Å². The van der Waals surface area contributed by atoms with Crippen molar-refractivity contribution in [2.45, 2.75) is 57.4 Å². The summed E-state index contributed by atoms with van der Waals surface area (Å²) in [6.45, 7) is 3.12. The maximum absolute atomic E-state index is 12.3. The second kappa shape index (κ2) is 5.80. The van der Waals surface area contributed by atoms with Crippen molar-refractivity contribution in [2.75, 3.05) is 13.1 Å². The van der Waals surface area contributed by atoms with Crippen LogP contribution < -0.4 is 5.32 Å². The third kappa shape index (κ3) is 3.61. The summed E-state index contributed by atoms with van der Waals surface area (Å²) in [5, 5.41) is 12.2. The van der Waals surface area contributed by atoms with Gasteiger partial charge in [-0.15, -0.1) is 0 Å². The number of hydrogen-bond acceptors (Lipinski definition) is 2. The van der Waals surface area contributed by atoms with E-state index in [0.29, 0.717) is 19.5 Å². The van der Waals surface area contributed by atoms with Crippen molar-refractivity contribution >= 4 is 12.0 Å². The number of carbonyl (C=O) groups is 2. The van der Waals surface area contributed by atoms with Gasteiger partial charge in [-0.2, -0.15) is 0 Å². The number of carboxylic acid groups (broad SMARTS) is 1. The number of amides is 2. The average Bonchev–Trinajstić information content (AvgIpc) is 2.39. The summed E-state index contributed by atoms with van der Waals surface area (Å²) in [4.78, 5) is 24.9. The molecule has 2 rings (SSSR count). The van der Waals surface area contributed by atoms with E-state index >= 15 is 0 Å². The first-order valence-electron chi connectivity index (χ1n) is 7.30. The second-order valence-corrected chi connectivity index (χ2v) is 6.17. The van der Waals surface area contributed by atoms with Gasteiger partial charge >= 0.3 is 12.0 Å². The minimum Gasteiger partial charge on any atom is -0.481 e. The number of rotatable bonds is 2. The average molecular weight is 268 g/mol. The van der Waals surface area contributed by atoms with Gasteiger partial charge in [0.2, 0.25) is 0 Å². The monoisotopic (exact) mass is 268 g/mol. The molecule has 5 nitrogen and oxygen atoms in total. The highest BCUT2D eigenvalue weighted by Gasteiger charge is 2.33. The van der Waals surface area contributed by atoms with Crippen molar-refractivity contribution in [1.29, 1.82) is 0 Å². The standard InChI is InChI=1S/C14H24N2O3/c1-14(7-3-2-4-8-14)15-13(19)16-9-5-6-11(10-16)12(17)18/h11H,2-10H2,1H3,(H,15,19)(H,17,18). The molecule has 108 valence electrons. The molecule has 0 aromatic rings. The highest BCUT2D eigenvalue weighted by atomic mass is 16.4. The van der Waals surface area contributed by atoms with Crippen LogP contribution in [0.25, 0.3) is 0 Å². The molecular formula is C14H24N2O3. The van der Waals surface area contributed by atoms with Crippen LogP contribution in [-0.4, -0.2) is 40.6 Å². The van der Waals surface area contributed by atoms with Gasteiger partial charge in [-0.1, -0.05) is 19.3 Å². The van der Waals surface area contributed by atoms with Crippen LogP contribution in [0.3, 0.4) is 0 Å². The van der Waals surface area contributed by atoms with Gasteiger partial charge in [0.15, 0.2) is 0 Å². The quantitative estimate of drug-likeness (QED) is 0.806. The molecular weight excluding hydrogens is 244 g/mol. The fourth-order valence-electron chi connectivity index (χ4n) is 3.16. The molecule has 0 aromatic carbocycles.